The van der Waals surface area contributed by atoms with Gasteiger partial charge >= 0.3 is 0 Å². The van der Waals surface area contributed by atoms with Crippen molar-refractivity contribution >= 4 is 0 Å². The number of hydrogen-bond acceptors (Lipinski definition) is 3. The summed E-state index contributed by atoms with van der Waals surface area (Å²) in [4.78, 5) is 0. The quantitative estimate of drug-likeness (QED) is 0.569. The molecule has 0 aromatic heterocycles. The molecule has 0 aliphatic heterocycles. The molecule has 0 aliphatic carbocycles. The summed E-state index contributed by atoms with van der Waals surface area (Å²) in [5.41, 5.74) is 0.298. The van der Waals surface area contributed by atoms with Gasteiger partial charge in [-0.05, 0) is 32.7 Å². The molecule has 0 rings (SSSR count). The lowest BCUT2D eigenvalue weighted by atomic mass is 9.95. The van der Waals surface area contributed by atoms with E-state index in [2.05, 4.69) is 26.1 Å². The second-order valence-electron chi connectivity index (χ2n) is 4.15. The molecule has 92 valence electrons. The third-order valence-corrected chi connectivity index (χ3v) is 3.01. The monoisotopic (exact) mass is 217 g/mol. The van der Waals surface area contributed by atoms with E-state index in [0.29, 0.717) is 18.8 Å². The van der Waals surface area contributed by atoms with Crippen molar-refractivity contribution < 1.29 is 9.47 Å². The molecule has 0 aromatic rings. The molecule has 3 heteroatoms. The smallest absolute Gasteiger partial charge is 0.0700 e. The molecule has 0 saturated carbocycles. The molecule has 1 N–H and O–H groups in total. The van der Waals surface area contributed by atoms with Crippen LogP contribution in [0.15, 0.2) is 0 Å². The highest BCUT2D eigenvalue weighted by atomic mass is 16.5. The van der Waals surface area contributed by atoms with Gasteiger partial charge in [-0.1, -0.05) is 13.8 Å². The topological polar surface area (TPSA) is 30.5 Å². The molecule has 0 spiro atoms. The third kappa shape index (κ3) is 7.77. The lowest BCUT2D eigenvalue weighted by Gasteiger charge is -2.28. The van der Waals surface area contributed by atoms with Gasteiger partial charge in [0.25, 0.3) is 0 Å². The van der Waals surface area contributed by atoms with E-state index in [4.69, 9.17) is 9.47 Å². The van der Waals surface area contributed by atoms with Gasteiger partial charge in [0.2, 0.25) is 0 Å². The van der Waals surface area contributed by atoms with Crippen LogP contribution in [-0.2, 0) is 9.47 Å². The van der Waals surface area contributed by atoms with E-state index >= 15 is 0 Å². The van der Waals surface area contributed by atoms with Crippen LogP contribution in [0.5, 0.6) is 0 Å². The number of rotatable bonds is 10. The molecular weight excluding hydrogens is 190 g/mol. The zero-order valence-corrected chi connectivity index (χ0v) is 10.8. The predicted molar refractivity (Wildman–Crippen MR) is 64.3 cm³/mol. The van der Waals surface area contributed by atoms with Crippen molar-refractivity contribution in [1.82, 2.24) is 5.32 Å². The standard InChI is InChI=1S/C12H27NO2/c1-5-12(3,6-2)13-8-7-9-15-11-10-14-4/h13H,5-11H2,1-4H3. The molecule has 0 bridgehead atoms. The Bertz CT molecular complexity index is 136. The van der Waals surface area contributed by atoms with Crippen molar-refractivity contribution in [3.05, 3.63) is 0 Å². The van der Waals surface area contributed by atoms with E-state index in [1.807, 2.05) is 0 Å². The minimum atomic E-state index is 0.298. The van der Waals surface area contributed by atoms with E-state index in [9.17, 15) is 0 Å². The Morgan fingerprint density at radius 3 is 2.27 bits per heavy atom. The van der Waals surface area contributed by atoms with E-state index in [1.165, 1.54) is 12.8 Å². The van der Waals surface area contributed by atoms with Gasteiger partial charge in [-0.15, -0.1) is 0 Å². The van der Waals surface area contributed by atoms with Crippen molar-refractivity contribution in [2.24, 2.45) is 0 Å². The Kier molecular flexibility index (Phi) is 9.06. The molecule has 0 aliphatic rings. The van der Waals surface area contributed by atoms with Gasteiger partial charge in [0.15, 0.2) is 0 Å². The fraction of sp³-hybridized carbons (Fsp3) is 1.00. The fourth-order valence-electron chi connectivity index (χ4n) is 1.31. The summed E-state index contributed by atoms with van der Waals surface area (Å²) in [6.07, 6.45) is 3.42. The van der Waals surface area contributed by atoms with Gasteiger partial charge in [-0.25, -0.2) is 0 Å². The number of methoxy groups -OCH3 is 1. The highest BCUT2D eigenvalue weighted by Gasteiger charge is 2.17. The fourth-order valence-corrected chi connectivity index (χ4v) is 1.31. The van der Waals surface area contributed by atoms with Crippen LogP contribution in [0.3, 0.4) is 0 Å². The summed E-state index contributed by atoms with van der Waals surface area (Å²) in [7, 11) is 1.69. The Labute approximate surface area is 94.5 Å². The van der Waals surface area contributed by atoms with Crippen molar-refractivity contribution in [3.63, 3.8) is 0 Å². The highest BCUT2D eigenvalue weighted by Crippen LogP contribution is 2.12. The van der Waals surface area contributed by atoms with Crippen LogP contribution >= 0.6 is 0 Å². The molecule has 0 heterocycles. The summed E-state index contributed by atoms with van der Waals surface area (Å²) in [6, 6.07) is 0. The summed E-state index contributed by atoms with van der Waals surface area (Å²) >= 11 is 0. The Morgan fingerprint density at radius 2 is 1.73 bits per heavy atom. The van der Waals surface area contributed by atoms with E-state index in [-0.39, 0.29) is 0 Å². The molecule has 15 heavy (non-hydrogen) atoms. The SMILES string of the molecule is CCC(C)(CC)NCCCOCCOC. The second kappa shape index (κ2) is 9.13. The van der Waals surface area contributed by atoms with Gasteiger partial charge in [0.05, 0.1) is 13.2 Å². The maximum atomic E-state index is 5.39. The van der Waals surface area contributed by atoms with Crippen LogP contribution < -0.4 is 5.32 Å². The normalized spacial score (nSPS) is 12.0. The van der Waals surface area contributed by atoms with Gasteiger partial charge in [-0.3, -0.25) is 0 Å². The molecule has 0 radical (unpaired) electrons. The second-order valence-corrected chi connectivity index (χ2v) is 4.15. The Hall–Kier alpha value is -0.120. The van der Waals surface area contributed by atoms with Crippen molar-refractivity contribution in [3.8, 4) is 0 Å². The molecule has 0 amide bonds. The van der Waals surface area contributed by atoms with E-state index in [1.54, 1.807) is 7.11 Å². The summed E-state index contributed by atoms with van der Waals surface area (Å²) < 4.78 is 10.3. The lowest BCUT2D eigenvalue weighted by Crippen LogP contribution is -2.41. The molecule has 0 aromatic carbocycles. The first-order valence-electron chi connectivity index (χ1n) is 6.00. The first kappa shape index (κ1) is 14.9. The maximum Gasteiger partial charge on any atom is 0.0700 e. The minimum Gasteiger partial charge on any atom is -0.382 e. The predicted octanol–water partition coefficient (Wildman–Crippen LogP) is 2.21. The molecule has 0 fully saturated rings. The van der Waals surface area contributed by atoms with Crippen molar-refractivity contribution in [2.45, 2.75) is 45.6 Å². The minimum absolute atomic E-state index is 0.298. The summed E-state index contributed by atoms with van der Waals surface area (Å²) in [5, 5.41) is 3.58. The molecule has 0 saturated heterocycles. The largest absolute Gasteiger partial charge is 0.382 e. The Morgan fingerprint density at radius 1 is 1.07 bits per heavy atom. The van der Waals surface area contributed by atoms with Crippen molar-refractivity contribution in [2.75, 3.05) is 33.5 Å². The van der Waals surface area contributed by atoms with Gasteiger partial charge < -0.3 is 14.8 Å². The van der Waals surface area contributed by atoms with Gasteiger partial charge in [0, 0.05) is 19.3 Å². The van der Waals surface area contributed by atoms with E-state index < -0.39 is 0 Å². The van der Waals surface area contributed by atoms with Gasteiger partial charge in [-0.2, -0.15) is 0 Å². The molecular formula is C12H27NO2. The van der Waals surface area contributed by atoms with Crippen LogP contribution in [0.4, 0.5) is 0 Å². The van der Waals surface area contributed by atoms with Crippen LogP contribution in [0, 0.1) is 0 Å². The molecule has 0 unspecified atom stereocenters. The molecule has 3 nitrogen and oxygen atoms in total. The zero-order chi connectivity index (χ0) is 11.6. The lowest BCUT2D eigenvalue weighted by molar-refractivity contribution is 0.0686. The Balaban J connectivity index is 3.29. The summed E-state index contributed by atoms with van der Waals surface area (Å²) in [5.74, 6) is 0. The van der Waals surface area contributed by atoms with E-state index in [0.717, 1.165) is 19.6 Å². The number of hydrogen-bond donors (Lipinski definition) is 1. The third-order valence-electron chi connectivity index (χ3n) is 3.01. The molecule has 0 atom stereocenters. The first-order valence-corrected chi connectivity index (χ1v) is 6.00. The number of nitrogens with one attached hydrogen (secondary N) is 1. The maximum absolute atomic E-state index is 5.39. The van der Waals surface area contributed by atoms with Crippen LogP contribution in [-0.4, -0.2) is 39.0 Å². The average molecular weight is 217 g/mol. The van der Waals surface area contributed by atoms with Crippen LogP contribution in [0.1, 0.15) is 40.0 Å². The van der Waals surface area contributed by atoms with Gasteiger partial charge in [0.1, 0.15) is 0 Å². The highest BCUT2D eigenvalue weighted by molar-refractivity contribution is 4.79. The van der Waals surface area contributed by atoms with Crippen LogP contribution in [0.25, 0.3) is 0 Å². The summed E-state index contributed by atoms with van der Waals surface area (Å²) in [6.45, 7) is 9.98. The van der Waals surface area contributed by atoms with Crippen LogP contribution in [0.2, 0.25) is 0 Å². The number of ether oxygens (including phenoxy) is 2. The van der Waals surface area contributed by atoms with Crippen molar-refractivity contribution in [1.29, 1.82) is 0 Å². The average Bonchev–Trinajstić information content (AvgIpc) is 2.27. The zero-order valence-electron chi connectivity index (χ0n) is 10.8. The first-order chi connectivity index (χ1) is 7.18.